The van der Waals surface area contributed by atoms with Gasteiger partial charge in [-0.25, -0.2) is 4.68 Å². The maximum atomic E-state index is 12.4. The molecule has 0 spiro atoms. The number of benzene rings is 2. The summed E-state index contributed by atoms with van der Waals surface area (Å²) in [6, 6.07) is 18.8. The molecule has 2 aromatic carbocycles. The molecule has 3 aromatic rings. The van der Waals surface area contributed by atoms with Gasteiger partial charge in [0.2, 0.25) is 0 Å². The number of carbonyl (C=O) groups is 1. The van der Waals surface area contributed by atoms with Gasteiger partial charge in [-0.2, -0.15) is 5.10 Å². The Morgan fingerprint density at radius 3 is 2.74 bits per heavy atom. The number of amides is 1. The van der Waals surface area contributed by atoms with Crippen LogP contribution in [0.2, 0.25) is 0 Å². The number of anilines is 1. The van der Waals surface area contributed by atoms with Gasteiger partial charge < -0.3 is 10.1 Å². The van der Waals surface area contributed by atoms with Gasteiger partial charge in [-0.3, -0.25) is 4.79 Å². The van der Waals surface area contributed by atoms with Gasteiger partial charge in [-0.15, -0.1) is 0 Å². The zero-order valence-electron chi connectivity index (χ0n) is 12.8. The predicted octanol–water partition coefficient (Wildman–Crippen LogP) is 3.19. The molecule has 0 atom stereocenters. The number of carbonyl (C=O) groups excluding carboxylic acids is 1. The van der Waals surface area contributed by atoms with Crippen molar-refractivity contribution in [2.45, 2.75) is 6.54 Å². The molecule has 116 valence electrons. The quantitative estimate of drug-likeness (QED) is 0.787. The van der Waals surface area contributed by atoms with E-state index in [1.807, 2.05) is 30.3 Å². The van der Waals surface area contributed by atoms with Crippen molar-refractivity contribution in [3.8, 4) is 5.75 Å². The van der Waals surface area contributed by atoms with Crippen molar-refractivity contribution >= 4 is 11.7 Å². The van der Waals surface area contributed by atoms with E-state index in [1.165, 1.54) is 0 Å². The molecule has 0 aliphatic rings. The summed E-state index contributed by atoms with van der Waals surface area (Å²) in [6.07, 6.45) is 1.67. The van der Waals surface area contributed by atoms with E-state index < -0.39 is 0 Å². The highest BCUT2D eigenvalue weighted by Crippen LogP contribution is 2.15. The van der Waals surface area contributed by atoms with Crippen molar-refractivity contribution < 1.29 is 9.53 Å². The van der Waals surface area contributed by atoms with Crippen LogP contribution in [0, 0.1) is 0 Å². The second-order valence-electron chi connectivity index (χ2n) is 5.05. The number of nitrogens with one attached hydrogen (secondary N) is 1. The van der Waals surface area contributed by atoms with Crippen molar-refractivity contribution in [3.05, 3.63) is 78.0 Å². The third-order valence-electron chi connectivity index (χ3n) is 3.47. The van der Waals surface area contributed by atoms with Crippen molar-refractivity contribution in [1.29, 1.82) is 0 Å². The lowest BCUT2D eigenvalue weighted by Crippen LogP contribution is -2.16. The molecule has 0 unspecified atom stereocenters. The predicted molar refractivity (Wildman–Crippen MR) is 88.7 cm³/mol. The standard InChI is InChI=1S/C18H17N3O2/c1-23-16-9-5-8-15(12-16)18(22)20-17-10-11-19-21(17)13-14-6-3-2-4-7-14/h2-12H,13H2,1H3,(H,20,22). The first-order valence-corrected chi connectivity index (χ1v) is 7.27. The summed E-state index contributed by atoms with van der Waals surface area (Å²) >= 11 is 0. The Morgan fingerprint density at radius 1 is 1.13 bits per heavy atom. The van der Waals surface area contributed by atoms with Gasteiger partial charge in [-0.05, 0) is 23.8 Å². The third-order valence-corrected chi connectivity index (χ3v) is 3.47. The van der Waals surface area contributed by atoms with E-state index in [0.29, 0.717) is 23.7 Å². The zero-order chi connectivity index (χ0) is 16.1. The van der Waals surface area contributed by atoms with Gasteiger partial charge in [0.1, 0.15) is 11.6 Å². The van der Waals surface area contributed by atoms with Crippen molar-refractivity contribution in [2.24, 2.45) is 0 Å². The number of ether oxygens (including phenoxy) is 1. The number of aromatic nitrogens is 2. The average molecular weight is 307 g/mol. The Balaban J connectivity index is 1.75. The minimum atomic E-state index is -0.196. The normalized spacial score (nSPS) is 10.3. The van der Waals surface area contributed by atoms with Crippen LogP contribution >= 0.6 is 0 Å². The molecule has 0 saturated carbocycles. The fourth-order valence-corrected chi connectivity index (χ4v) is 2.27. The Kier molecular flexibility index (Phi) is 4.38. The lowest BCUT2D eigenvalue weighted by Gasteiger charge is -2.10. The fraction of sp³-hybridized carbons (Fsp3) is 0.111. The summed E-state index contributed by atoms with van der Waals surface area (Å²) in [5.41, 5.74) is 1.66. The molecule has 1 aromatic heterocycles. The molecule has 0 bridgehead atoms. The molecular formula is C18H17N3O2. The van der Waals surface area contributed by atoms with Crippen molar-refractivity contribution in [3.63, 3.8) is 0 Å². The smallest absolute Gasteiger partial charge is 0.256 e. The lowest BCUT2D eigenvalue weighted by molar-refractivity contribution is 0.102. The van der Waals surface area contributed by atoms with Crippen LogP contribution in [0.15, 0.2) is 66.9 Å². The molecule has 0 radical (unpaired) electrons. The molecule has 23 heavy (non-hydrogen) atoms. The maximum Gasteiger partial charge on any atom is 0.256 e. The fourth-order valence-electron chi connectivity index (χ4n) is 2.27. The molecule has 3 rings (SSSR count). The maximum absolute atomic E-state index is 12.4. The summed E-state index contributed by atoms with van der Waals surface area (Å²) in [5, 5.41) is 7.15. The van der Waals surface area contributed by atoms with E-state index >= 15 is 0 Å². The molecule has 1 N–H and O–H groups in total. The Hall–Kier alpha value is -3.08. The Labute approximate surface area is 134 Å². The van der Waals surface area contributed by atoms with E-state index in [-0.39, 0.29) is 5.91 Å². The summed E-state index contributed by atoms with van der Waals surface area (Å²) in [5.74, 6) is 1.11. The highest BCUT2D eigenvalue weighted by atomic mass is 16.5. The zero-order valence-corrected chi connectivity index (χ0v) is 12.8. The third kappa shape index (κ3) is 3.58. The first-order valence-electron chi connectivity index (χ1n) is 7.27. The van der Waals surface area contributed by atoms with Gasteiger partial charge in [0.05, 0.1) is 19.9 Å². The number of hydrogen-bond acceptors (Lipinski definition) is 3. The number of methoxy groups -OCH3 is 1. The van der Waals surface area contributed by atoms with Crippen molar-refractivity contribution in [1.82, 2.24) is 9.78 Å². The van der Waals surface area contributed by atoms with Crippen LogP contribution in [-0.2, 0) is 6.54 Å². The van der Waals surface area contributed by atoms with Gasteiger partial charge in [-0.1, -0.05) is 36.4 Å². The monoisotopic (exact) mass is 307 g/mol. The summed E-state index contributed by atoms with van der Waals surface area (Å²) in [6.45, 7) is 0.599. The number of hydrogen-bond donors (Lipinski definition) is 1. The van der Waals surface area contributed by atoms with E-state index in [2.05, 4.69) is 10.4 Å². The second-order valence-corrected chi connectivity index (χ2v) is 5.05. The van der Waals surface area contributed by atoms with Crippen molar-refractivity contribution in [2.75, 3.05) is 12.4 Å². The first-order chi connectivity index (χ1) is 11.3. The van der Waals surface area contributed by atoms with Crippen LogP contribution in [0.25, 0.3) is 0 Å². The van der Waals surface area contributed by atoms with Gasteiger partial charge in [0, 0.05) is 11.6 Å². The minimum absolute atomic E-state index is 0.196. The number of rotatable bonds is 5. The molecule has 5 nitrogen and oxygen atoms in total. The number of nitrogens with zero attached hydrogens (tertiary/aromatic N) is 2. The van der Waals surface area contributed by atoms with E-state index in [9.17, 15) is 4.79 Å². The second kappa shape index (κ2) is 6.79. The Morgan fingerprint density at radius 2 is 1.96 bits per heavy atom. The summed E-state index contributed by atoms with van der Waals surface area (Å²) in [7, 11) is 1.58. The largest absolute Gasteiger partial charge is 0.497 e. The van der Waals surface area contributed by atoms with E-state index in [4.69, 9.17) is 4.74 Å². The highest BCUT2D eigenvalue weighted by Gasteiger charge is 2.10. The minimum Gasteiger partial charge on any atom is -0.497 e. The van der Waals surface area contributed by atoms with Crippen LogP contribution in [0.3, 0.4) is 0 Å². The Bertz CT molecular complexity index is 797. The van der Waals surface area contributed by atoms with Crippen LogP contribution in [0.1, 0.15) is 15.9 Å². The average Bonchev–Trinajstić information content (AvgIpc) is 3.02. The topological polar surface area (TPSA) is 56.1 Å². The van der Waals surface area contributed by atoms with Crippen LogP contribution in [0.4, 0.5) is 5.82 Å². The lowest BCUT2D eigenvalue weighted by atomic mass is 10.2. The molecule has 1 amide bonds. The van der Waals surface area contributed by atoms with Crippen LogP contribution in [-0.4, -0.2) is 22.8 Å². The van der Waals surface area contributed by atoms with E-state index in [1.54, 1.807) is 48.3 Å². The van der Waals surface area contributed by atoms with Gasteiger partial charge in [0.15, 0.2) is 0 Å². The molecule has 5 heteroatoms. The molecular weight excluding hydrogens is 290 g/mol. The first kappa shape index (κ1) is 14.8. The summed E-state index contributed by atoms with van der Waals surface area (Å²) < 4.78 is 6.90. The molecule has 0 aliphatic carbocycles. The molecule has 1 heterocycles. The molecule has 0 aliphatic heterocycles. The summed E-state index contributed by atoms with van der Waals surface area (Å²) in [4.78, 5) is 12.4. The van der Waals surface area contributed by atoms with Crippen LogP contribution < -0.4 is 10.1 Å². The van der Waals surface area contributed by atoms with Gasteiger partial charge in [0.25, 0.3) is 5.91 Å². The van der Waals surface area contributed by atoms with Gasteiger partial charge >= 0.3 is 0 Å². The van der Waals surface area contributed by atoms with E-state index in [0.717, 1.165) is 5.56 Å². The van der Waals surface area contributed by atoms with Crippen LogP contribution in [0.5, 0.6) is 5.75 Å². The molecule has 0 saturated heterocycles. The molecule has 0 fully saturated rings. The highest BCUT2D eigenvalue weighted by molar-refractivity contribution is 6.04. The SMILES string of the molecule is COc1cccc(C(=O)Nc2ccnn2Cc2ccccc2)c1.